The monoisotopic (exact) mass is 266 g/mol. The van der Waals surface area contributed by atoms with Crippen molar-refractivity contribution in [3.8, 4) is 0 Å². The molecule has 0 unspecified atom stereocenters. The second kappa shape index (κ2) is 4.67. The minimum absolute atomic E-state index is 0.115. The van der Waals surface area contributed by atoms with Crippen LogP contribution >= 0.6 is 0 Å². The van der Waals surface area contributed by atoms with Gasteiger partial charge in [0.15, 0.2) is 0 Å². The Morgan fingerprint density at radius 2 is 1.65 bits per heavy atom. The maximum Gasteiger partial charge on any atom is 0.246 e. The van der Waals surface area contributed by atoms with Crippen LogP contribution in [-0.4, -0.2) is 19.5 Å². The molecule has 20 heavy (non-hydrogen) atoms. The van der Waals surface area contributed by atoms with E-state index in [1.807, 2.05) is 25.2 Å². The van der Waals surface area contributed by atoms with Crippen molar-refractivity contribution < 1.29 is 4.79 Å². The van der Waals surface area contributed by atoms with Crippen LogP contribution in [0.25, 0.3) is 0 Å². The smallest absolute Gasteiger partial charge is 0.246 e. The molecule has 1 heterocycles. The highest BCUT2D eigenvalue weighted by Gasteiger charge is 2.27. The van der Waals surface area contributed by atoms with Crippen LogP contribution in [0.3, 0.4) is 0 Å². The van der Waals surface area contributed by atoms with E-state index in [-0.39, 0.29) is 5.91 Å². The Morgan fingerprint density at radius 3 is 2.35 bits per heavy atom. The predicted molar refractivity (Wildman–Crippen MR) is 82.8 cm³/mol. The maximum absolute atomic E-state index is 12.2. The Hall–Kier alpha value is -2.29. The van der Waals surface area contributed by atoms with Crippen molar-refractivity contribution in [2.45, 2.75) is 13.8 Å². The number of likely N-dealkylation sites (N-methyl/N-ethyl adjacent to an activating group) is 1. The minimum atomic E-state index is 0.115. The van der Waals surface area contributed by atoms with Gasteiger partial charge < -0.3 is 9.80 Å². The summed E-state index contributed by atoms with van der Waals surface area (Å²) in [5, 5.41) is 0. The Kier molecular flexibility index (Phi) is 2.97. The molecule has 0 N–H and O–H groups in total. The van der Waals surface area contributed by atoms with Crippen LogP contribution < -0.4 is 9.80 Å². The molecular weight excluding hydrogens is 248 g/mol. The van der Waals surface area contributed by atoms with Crippen LogP contribution in [-0.2, 0) is 4.79 Å². The maximum atomic E-state index is 12.2. The number of hydrogen-bond acceptors (Lipinski definition) is 2. The summed E-state index contributed by atoms with van der Waals surface area (Å²) in [7, 11) is 1.83. The van der Waals surface area contributed by atoms with Gasteiger partial charge in [-0.2, -0.15) is 0 Å². The quantitative estimate of drug-likeness (QED) is 0.789. The fourth-order valence-corrected chi connectivity index (χ4v) is 2.76. The van der Waals surface area contributed by atoms with Gasteiger partial charge in [0, 0.05) is 12.7 Å². The number of carbonyl (C=O) groups is 1. The van der Waals surface area contributed by atoms with Gasteiger partial charge in [-0.15, -0.1) is 0 Å². The van der Waals surface area contributed by atoms with Crippen molar-refractivity contribution in [1.82, 2.24) is 0 Å². The topological polar surface area (TPSA) is 23.6 Å². The largest absolute Gasteiger partial charge is 0.330 e. The van der Waals surface area contributed by atoms with Crippen molar-refractivity contribution >= 4 is 23.0 Å². The lowest BCUT2D eigenvalue weighted by Crippen LogP contribution is -2.41. The van der Waals surface area contributed by atoms with Gasteiger partial charge in [0.05, 0.1) is 11.4 Å². The molecule has 102 valence electrons. The summed E-state index contributed by atoms with van der Waals surface area (Å²) in [5.41, 5.74) is 5.58. The average Bonchev–Trinajstić information content (AvgIpc) is 2.43. The molecule has 3 rings (SSSR count). The number of carbonyl (C=O) groups excluding carboxylic acids is 1. The van der Waals surface area contributed by atoms with E-state index >= 15 is 0 Å². The van der Waals surface area contributed by atoms with Gasteiger partial charge in [0.2, 0.25) is 5.91 Å². The summed E-state index contributed by atoms with van der Waals surface area (Å²) in [6, 6.07) is 14.4. The zero-order chi connectivity index (χ0) is 14.3. The number of anilines is 3. The zero-order valence-electron chi connectivity index (χ0n) is 12.1. The number of rotatable bonds is 1. The third-order valence-corrected chi connectivity index (χ3v) is 3.84. The third kappa shape index (κ3) is 1.95. The number of para-hydroxylation sites is 2. The Labute approximate surface area is 119 Å². The lowest BCUT2D eigenvalue weighted by atomic mass is 10.1. The fourth-order valence-electron chi connectivity index (χ4n) is 2.76. The fraction of sp³-hybridized carbons (Fsp3) is 0.235. The second-order valence-electron chi connectivity index (χ2n) is 5.32. The molecule has 0 radical (unpaired) electrons. The molecule has 0 spiro atoms. The number of aryl methyl sites for hydroxylation is 2. The third-order valence-electron chi connectivity index (χ3n) is 3.84. The molecule has 2 aromatic carbocycles. The Bertz CT molecular complexity index is 678. The van der Waals surface area contributed by atoms with Crippen LogP contribution in [0, 0.1) is 13.8 Å². The number of fused-ring (bicyclic) bond motifs is 1. The van der Waals surface area contributed by atoms with E-state index < -0.39 is 0 Å². The van der Waals surface area contributed by atoms with E-state index in [0.717, 1.165) is 17.1 Å². The molecular formula is C17H18N2O. The molecule has 3 nitrogen and oxygen atoms in total. The zero-order valence-corrected chi connectivity index (χ0v) is 12.1. The first-order valence-corrected chi connectivity index (χ1v) is 6.78. The minimum Gasteiger partial charge on any atom is -0.330 e. The number of amides is 1. The Morgan fingerprint density at radius 1 is 0.950 bits per heavy atom. The van der Waals surface area contributed by atoms with Crippen LogP contribution in [0.15, 0.2) is 42.5 Å². The molecule has 0 bridgehead atoms. The van der Waals surface area contributed by atoms with Gasteiger partial charge in [-0.1, -0.05) is 29.8 Å². The lowest BCUT2D eigenvalue weighted by molar-refractivity contribution is -0.117. The summed E-state index contributed by atoms with van der Waals surface area (Å²) < 4.78 is 0. The molecule has 0 aromatic heterocycles. The Balaban J connectivity index is 2.15. The first-order chi connectivity index (χ1) is 9.58. The molecule has 3 heteroatoms. The summed E-state index contributed by atoms with van der Waals surface area (Å²) in [6.45, 7) is 4.56. The SMILES string of the molecule is Cc1ccc(N2CC(=O)N(C)c3ccccc32)c(C)c1. The highest BCUT2D eigenvalue weighted by atomic mass is 16.2. The number of benzene rings is 2. The summed E-state index contributed by atoms with van der Waals surface area (Å²) in [5.74, 6) is 0.115. The van der Waals surface area contributed by atoms with Crippen molar-refractivity contribution in [2.24, 2.45) is 0 Å². The van der Waals surface area contributed by atoms with Crippen LogP contribution in [0.1, 0.15) is 11.1 Å². The highest BCUT2D eigenvalue weighted by Crippen LogP contribution is 2.38. The van der Waals surface area contributed by atoms with Gasteiger partial charge in [-0.05, 0) is 37.6 Å². The lowest BCUT2D eigenvalue weighted by Gasteiger charge is -2.36. The van der Waals surface area contributed by atoms with Gasteiger partial charge in [0.1, 0.15) is 6.54 Å². The van der Waals surface area contributed by atoms with Crippen molar-refractivity contribution in [1.29, 1.82) is 0 Å². The van der Waals surface area contributed by atoms with E-state index in [4.69, 9.17) is 0 Å². The molecule has 0 aliphatic carbocycles. The van der Waals surface area contributed by atoms with Gasteiger partial charge in [0.25, 0.3) is 0 Å². The van der Waals surface area contributed by atoms with Crippen LogP contribution in [0.2, 0.25) is 0 Å². The molecule has 1 aliphatic heterocycles. The van der Waals surface area contributed by atoms with E-state index in [1.165, 1.54) is 11.1 Å². The van der Waals surface area contributed by atoms with E-state index in [1.54, 1.807) is 4.90 Å². The first-order valence-electron chi connectivity index (χ1n) is 6.78. The normalized spacial score (nSPS) is 14.4. The van der Waals surface area contributed by atoms with Crippen LogP contribution in [0.5, 0.6) is 0 Å². The number of hydrogen-bond donors (Lipinski definition) is 0. The van der Waals surface area contributed by atoms with E-state index in [2.05, 4.69) is 43.0 Å². The summed E-state index contributed by atoms with van der Waals surface area (Å²) >= 11 is 0. The first kappa shape index (κ1) is 12.7. The van der Waals surface area contributed by atoms with Gasteiger partial charge in [-0.3, -0.25) is 4.79 Å². The second-order valence-corrected chi connectivity index (χ2v) is 5.32. The predicted octanol–water partition coefficient (Wildman–Crippen LogP) is 3.42. The number of nitrogens with zero attached hydrogens (tertiary/aromatic N) is 2. The van der Waals surface area contributed by atoms with Crippen molar-refractivity contribution in [3.05, 3.63) is 53.6 Å². The molecule has 0 atom stereocenters. The standard InChI is InChI=1S/C17H18N2O/c1-12-8-9-14(13(2)10-12)19-11-17(20)18(3)15-6-4-5-7-16(15)19/h4-10H,11H2,1-3H3. The van der Waals surface area contributed by atoms with Gasteiger partial charge >= 0.3 is 0 Å². The molecule has 2 aromatic rings. The van der Waals surface area contributed by atoms with E-state index in [0.29, 0.717) is 6.54 Å². The molecule has 1 aliphatic rings. The van der Waals surface area contributed by atoms with Crippen molar-refractivity contribution in [2.75, 3.05) is 23.4 Å². The van der Waals surface area contributed by atoms with E-state index in [9.17, 15) is 4.79 Å². The molecule has 1 amide bonds. The molecule has 0 fully saturated rings. The summed E-state index contributed by atoms with van der Waals surface area (Å²) in [4.78, 5) is 16.0. The van der Waals surface area contributed by atoms with Crippen LogP contribution in [0.4, 0.5) is 17.1 Å². The van der Waals surface area contributed by atoms with Crippen molar-refractivity contribution in [3.63, 3.8) is 0 Å². The summed E-state index contributed by atoms with van der Waals surface area (Å²) in [6.07, 6.45) is 0. The van der Waals surface area contributed by atoms with Gasteiger partial charge in [-0.25, -0.2) is 0 Å². The highest BCUT2D eigenvalue weighted by molar-refractivity contribution is 6.04. The average molecular weight is 266 g/mol. The molecule has 0 saturated carbocycles. The molecule has 0 saturated heterocycles.